The zero-order valence-electron chi connectivity index (χ0n) is 9.69. The molecule has 3 rings (SSSR count). The number of hydrogen-bond acceptors (Lipinski definition) is 4. The molecule has 0 radical (unpaired) electrons. The van der Waals surface area contributed by atoms with Gasteiger partial charge in [0.15, 0.2) is 0 Å². The molecule has 2 aromatic rings. The van der Waals surface area contributed by atoms with Crippen molar-refractivity contribution < 1.29 is 9.90 Å². The molecule has 1 aliphatic heterocycles. The minimum absolute atomic E-state index is 0.157. The molecular formula is C12H10N2O3S. The van der Waals surface area contributed by atoms with E-state index in [4.69, 9.17) is 5.11 Å². The van der Waals surface area contributed by atoms with Gasteiger partial charge in [-0.05, 0) is 24.5 Å². The topological polar surface area (TPSA) is 72.2 Å². The number of carboxylic acid groups (broad SMARTS) is 1. The second kappa shape index (κ2) is 3.52. The predicted molar refractivity (Wildman–Crippen MR) is 69.2 cm³/mol. The van der Waals surface area contributed by atoms with Crippen LogP contribution in [0.4, 0.5) is 0 Å². The first-order valence-corrected chi connectivity index (χ1v) is 6.27. The largest absolute Gasteiger partial charge is 0.477 e. The lowest BCUT2D eigenvalue weighted by Gasteiger charge is -2.02. The van der Waals surface area contributed by atoms with E-state index in [1.54, 1.807) is 11.5 Å². The summed E-state index contributed by atoms with van der Waals surface area (Å²) in [6.07, 6.45) is 0.727. The van der Waals surface area contributed by atoms with Gasteiger partial charge in [0.25, 0.3) is 5.56 Å². The Labute approximate surface area is 106 Å². The van der Waals surface area contributed by atoms with E-state index in [1.807, 2.05) is 0 Å². The minimum Gasteiger partial charge on any atom is -0.477 e. The second-order valence-electron chi connectivity index (χ2n) is 4.29. The molecule has 0 spiro atoms. The number of nitrogens with zero attached hydrogens (tertiary/aromatic N) is 2. The molecule has 1 N–H and O–H groups in total. The number of aromatic nitrogens is 2. The third-order valence-corrected chi connectivity index (χ3v) is 4.37. The van der Waals surface area contributed by atoms with Crippen molar-refractivity contribution in [3.63, 3.8) is 0 Å². The van der Waals surface area contributed by atoms with Crippen LogP contribution in [-0.2, 0) is 6.54 Å². The van der Waals surface area contributed by atoms with E-state index in [0.29, 0.717) is 28.1 Å². The molecule has 5 nitrogen and oxygen atoms in total. The highest BCUT2D eigenvalue weighted by molar-refractivity contribution is 7.20. The van der Waals surface area contributed by atoms with Gasteiger partial charge in [0.2, 0.25) is 0 Å². The first kappa shape index (κ1) is 11.2. The van der Waals surface area contributed by atoms with Gasteiger partial charge >= 0.3 is 5.97 Å². The van der Waals surface area contributed by atoms with E-state index in [9.17, 15) is 9.59 Å². The average Bonchev–Trinajstić information content (AvgIpc) is 2.83. The summed E-state index contributed by atoms with van der Waals surface area (Å²) < 4.78 is 1.58. The Balaban J connectivity index is 2.46. The van der Waals surface area contributed by atoms with E-state index >= 15 is 0 Å². The van der Waals surface area contributed by atoms with Crippen LogP contribution in [0.3, 0.4) is 0 Å². The number of carboxylic acids is 1. The number of allylic oxidation sites excluding steroid dienone is 1. The van der Waals surface area contributed by atoms with Crippen LogP contribution in [0.2, 0.25) is 0 Å². The Morgan fingerprint density at radius 2 is 2.28 bits per heavy atom. The third-order valence-electron chi connectivity index (χ3n) is 3.20. The van der Waals surface area contributed by atoms with E-state index in [1.165, 1.54) is 0 Å². The SMILES string of the molecule is C=C1CCn2c1nc1sc(C(=O)O)c(C)c1c2=O. The fraction of sp³-hybridized carbons (Fsp3) is 0.250. The first-order valence-electron chi connectivity index (χ1n) is 5.46. The maximum absolute atomic E-state index is 12.3. The van der Waals surface area contributed by atoms with Gasteiger partial charge in [0.1, 0.15) is 15.5 Å². The number of aromatic carboxylic acids is 1. The van der Waals surface area contributed by atoms with Crippen molar-refractivity contribution in [3.05, 3.63) is 33.2 Å². The summed E-state index contributed by atoms with van der Waals surface area (Å²) in [7, 11) is 0. The van der Waals surface area contributed by atoms with Crippen LogP contribution < -0.4 is 5.56 Å². The molecule has 3 heterocycles. The highest BCUT2D eigenvalue weighted by Crippen LogP contribution is 2.30. The van der Waals surface area contributed by atoms with Crippen molar-refractivity contribution in [3.8, 4) is 0 Å². The number of rotatable bonds is 1. The molecule has 0 unspecified atom stereocenters. The number of carbonyl (C=O) groups is 1. The van der Waals surface area contributed by atoms with Crippen LogP contribution in [0.1, 0.15) is 27.5 Å². The molecule has 92 valence electrons. The average molecular weight is 262 g/mol. The second-order valence-corrected chi connectivity index (χ2v) is 5.29. The summed E-state index contributed by atoms with van der Waals surface area (Å²) >= 11 is 1.05. The summed E-state index contributed by atoms with van der Waals surface area (Å²) in [5.74, 6) is -0.426. The number of hydrogen-bond donors (Lipinski definition) is 1. The van der Waals surface area contributed by atoms with Gasteiger partial charge in [-0.2, -0.15) is 0 Å². The molecule has 0 aliphatic carbocycles. The molecule has 1 aliphatic rings. The fourth-order valence-corrected chi connectivity index (χ4v) is 3.27. The first-order chi connectivity index (χ1) is 8.50. The van der Waals surface area contributed by atoms with E-state index in [0.717, 1.165) is 23.3 Å². The molecule has 0 bridgehead atoms. The maximum Gasteiger partial charge on any atom is 0.346 e. The van der Waals surface area contributed by atoms with Gasteiger partial charge in [0, 0.05) is 6.54 Å². The van der Waals surface area contributed by atoms with E-state index in [-0.39, 0.29) is 10.4 Å². The Hall–Kier alpha value is -1.95. The predicted octanol–water partition coefficient (Wildman–Crippen LogP) is 1.88. The molecular weight excluding hydrogens is 252 g/mol. The van der Waals surface area contributed by atoms with E-state index < -0.39 is 5.97 Å². The number of aryl methyl sites for hydroxylation is 1. The zero-order valence-corrected chi connectivity index (χ0v) is 10.5. The van der Waals surface area contributed by atoms with Crippen LogP contribution >= 0.6 is 11.3 Å². The lowest BCUT2D eigenvalue weighted by atomic mass is 10.2. The highest BCUT2D eigenvalue weighted by Gasteiger charge is 2.24. The summed E-state index contributed by atoms with van der Waals surface area (Å²) in [5, 5.41) is 9.50. The molecule has 0 atom stereocenters. The highest BCUT2D eigenvalue weighted by atomic mass is 32.1. The standard InChI is InChI=1S/C12H10N2O3S/c1-5-3-4-14-9(5)13-10-7(11(14)15)6(2)8(18-10)12(16)17/h1,3-4H2,2H3,(H,16,17). The van der Waals surface area contributed by atoms with Gasteiger partial charge in [-0.1, -0.05) is 6.58 Å². The van der Waals surface area contributed by atoms with Crippen LogP contribution in [0, 0.1) is 6.92 Å². The van der Waals surface area contributed by atoms with Crippen LogP contribution in [0.15, 0.2) is 11.4 Å². The monoisotopic (exact) mass is 262 g/mol. The summed E-state index contributed by atoms with van der Waals surface area (Å²) in [6.45, 7) is 6.11. The quantitative estimate of drug-likeness (QED) is 0.851. The molecule has 0 aromatic carbocycles. The Morgan fingerprint density at radius 1 is 1.56 bits per heavy atom. The van der Waals surface area contributed by atoms with Crippen molar-refractivity contribution in [1.29, 1.82) is 0 Å². The van der Waals surface area contributed by atoms with Crippen molar-refractivity contribution >= 4 is 33.1 Å². The zero-order chi connectivity index (χ0) is 13.0. The van der Waals surface area contributed by atoms with Gasteiger partial charge in [-0.15, -0.1) is 11.3 Å². The maximum atomic E-state index is 12.3. The summed E-state index contributed by atoms with van der Waals surface area (Å²) in [6, 6.07) is 0. The van der Waals surface area contributed by atoms with Crippen LogP contribution in [0.25, 0.3) is 15.8 Å². The van der Waals surface area contributed by atoms with E-state index in [2.05, 4.69) is 11.6 Å². The lowest BCUT2D eigenvalue weighted by Crippen LogP contribution is -2.20. The van der Waals surface area contributed by atoms with Crippen molar-refractivity contribution in [2.24, 2.45) is 0 Å². The van der Waals surface area contributed by atoms with Crippen LogP contribution in [0.5, 0.6) is 0 Å². The molecule has 0 saturated carbocycles. The smallest absolute Gasteiger partial charge is 0.346 e. The normalized spacial score (nSPS) is 14.2. The Bertz CT molecular complexity index is 770. The third kappa shape index (κ3) is 1.29. The molecule has 0 amide bonds. The molecule has 6 heteroatoms. The lowest BCUT2D eigenvalue weighted by molar-refractivity contribution is 0.0701. The van der Waals surface area contributed by atoms with Crippen LogP contribution in [-0.4, -0.2) is 20.6 Å². The van der Waals surface area contributed by atoms with Crippen molar-refractivity contribution in [1.82, 2.24) is 9.55 Å². The van der Waals surface area contributed by atoms with Gasteiger partial charge in [-0.3, -0.25) is 9.36 Å². The Kier molecular flexibility index (Phi) is 2.18. The number of fused-ring (bicyclic) bond motifs is 2. The molecule has 0 saturated heterocycles. The molecule has 2 aromatic heterocycles. The number of thiophene rings is 1. The summed E-state index contributed by atoms with van der Waals surface area (Å²) in [5.41, 5.74) is 1.18. The van der Waals surface area contributed by atoms with Gasteiger partial charge in [0.05, 0.1) is 5.39 Å². The van der Waals surface area contributed by atoms with Gasteiger partial charge < -0.3 is 5.11 Å². The fourth-order valence-electron chi connectivity index (χ4n) is 2.26. The Morgan fingerprint density at radius 3 is 2.94 bits per heavy atom. The molecule has 0 fully saturated rings. The van der Waals surface area contributed by atoms with Crippen molar-refractivity contribution in [2.45, 2.75) is 19.9 Å². The minimum atomic E-state index is -1.01. The molecule has 18 heavy (non-hydrogen) atoms. The van der Waals surface area contributed by atoms with Gasteiger partial charge in [-0.25, -0.2) is 9.78 Å². The summed E-state index contributed by atoms with van der Waals surface area (Å²) in [4.78, 5) is 28.4. The van der Waals surface area contributed by atoms with Crippen molar-refractivity contribution in [2.75, 3.05) is 0 Å².